The molecular weight excluding hydrogens is 336 g/mol. The van der Waals surface area contributed by atoms with Gasteiger partial charge in [0.2, 0.25) is 0 Å². The van der Waals surface area contributed by atoms with Gasteiger partial charge in [-0.05, 0) is 79.6 Å². The second-order valence-electron chi connectivity index (χ2n) is 7.75. The van der Waals surface area contributed by atoms with Crippen molar-refractivity contribution in [3.63, 3.8) is 0 Å². The summed E-state index contributed by atoms with van der Waals surface area (Å²) in [5.41, 5.74) is 5.74. The summed E-state index contributed by atoms with van der Waals surface area (Å²) in [4.78, 5) is 0. The van der Waals surface area contributed by atoms with Crippen LogP contribution in [0.3, 0.4) is 0 Å². The quantitative estimate of drug-likeness (QED) is 0.276. The van der Waals surface area contributed by atoms with Crippen molar-refractivity contribution in [2.24, 2.45) is 0 Å². The van der Waals surface area contributed by atoms with Crippen LogP contribution in [-0.2, 0) is 4.74 Å². The molecule has 2 N–H and O–H groups in total. The van der Waals surface area contributed by atoms with Crippen molar-refractivity contribution in [2.45, 2.75) is 85.7 Å². The molecule has 0 heterocycles. The van der Waals surface area contributed by atoms with E-state index in [-0.39, 0.29) is 13.2 Å². The van der Waals surface area contributed by atoms with E-state index < -0.39 is 6.10 Å². The maximum atomic E-state index is 9.18. The molecule has 1 unspecified atom stereocenters. The van der Waals surface area contributed by atoms with E-state index in [2.05, 4.69) is 58.9 Å². The first-order valence-electron chi connectivity index (χ1n) is 10.3. The van der Waals surface area contributed by atoms with Crippen molar-refractivity contribution in [3.8, 4) is 0 Å². The van der Waals surface area contributed by atoms with Gasteiger partial charge in [0.15, 0.2) is 0 Å². The van der Waals surface area contributed by atoms with Crippen LogP contribution >= 0.6 is 0 Å². The van der Waals surface area contributed by atoms with Crippen LogP contribution in [0.2, 0.25) is 0 Å². The Kier molecular flexibility index (Phi) is 16.2. The monoisotopic (exact) mass is 378 g/mol. The molecule has 0 bridgehead atoms. The summed E-state index contributed by atoms with van der Waals surface area (Å²) in [6, 6.07) is 0. The molecule has 0 aliphatic rings. The van der Waals surface area contributed by atoms with E-state index in [9.17, 15) is 5.11 Å². The number of hydrogen-bond donors (Lipinski definition) is 2. The van der Waals surface area contributed by atoms with Gasteiger partial charge in [-0.2, -0.15) is 0 Å². The SMILES string of the molecule is CC(C)=CCCC(C)=CCCC(C)=CCCC(C)=CCCOCC(O)CO. The molecule has 0 saturated carbocycles. The average molecular weight is 379 g/mol. The molecule has 0 rings (SSSR count). The highest BCUT2D eigenvalue weighted by atomic mass is 16.5. The molecule has 0 aromatic carbocycles. The number of aliphatic hydroxyl groups is 2. The molecule has 27 heavy (non-hydrogen) atoms. The molecule has 0 fully saturated rings. The van der Waals surface area contributed by atoms with E-state index >= 15 is 0 Å². The van der Waals surface area contributed by atoms with Crippen molar-refractivity contribution in [1.29, 1.82) is 0 Å². The van der Waals surface area contributed by atoms with Crippen molar-refractivity contribution >= 4 is 0 Å². The molecule has 3 heteroatoms. The van der Waals surface area contributed by atoms with Gasteiger partial charge < -0.3 is 14.9 Å². The number of hydrogen-bond acceptors (Lipinski definition) is 3. The van der Waals surface area contributed by atoms with Gasteiger partial charge in [-0.1, -0.05) is 46.6 Å². The Balaban J connectivity index is 3.90. The molecule has 156 valence electrons. The van der Waals surface area contributed by atoms with Crippen LogP contribution in [0.4, 0.5) is 0 Å². The Morgan fingerprint density at radius 1 is 0.741 bits per heavy atom. The zero-order valence-corrected chi connectivity index (χ0v) is 18.3. The Morgan fingerprint density at radius 3 is 1.63 bits per heavy atom. The lowest BCUT2D eigenvalue weighted by Crippen LogP contribution is -2.19. The van der Waals surface area contributed by atoms with Crippen molar-refractivity contribution in [2.75, 3.05) is 19.8 Å². The number of ether oxygens (including phenoxy) is 1. The van der Waals surface area contributed by atoms with Crippen LogP contribution in [0.5, 0.6) is 0 Å². The van der Waals surface area contributed by atoms with Gasteiger partial charge in [-0.25, -0.2) is 0 Å². The molecular formula is C24H42O3. The summed E-state index contributed by atoms with van der Waals surface area (Å²) >= 11 is 0. The first-order valence-corrected chi connectivity index (χ1v) is 10.3. The minimum absolute atomic E-state index is 0.203. The lowest BCUT2D eigenvalue weighted by atomic mass is 10.0. The van der Waals surface area contributed by atoms with Gasteiger partial charge in [0.1, 0.15) is 6.10 Å². The van der Waals surface area contributed by atoms with Gasteiger partial charge in [-0.15, -0.1) is 0 Å². The Hall–Kier alpha value is -1.16. The largest absolute Gasteiger partial charge is 0.394 e. The highest BCUT2D eigenvalue weighted by Gasteiger charge is 2.00. The van der Waals surface area contributed by atoms with Crippen LogP contribution in [0.25, 0.3) is 0 Å². The van der Waals surface area contributed by atoms with E-state index in [1.54, 1.807) is 0 Å². The highest BCUT2D eigenvalue weighted by molar-refractivity contribution is 5.07. The number of allylic oxidation sites excluding steroid dienone is 7. The molecule has 0 aromatic rings. The van der Waals surface area contributed by atoms with Crippen LogP contribution in [0.1, 0.15) is 79.6 Å². The number of rotatable bonds is 15. The zero-order valence-electron chi connectivity index (χ0n) is 18.3. The Morgan fingerprint density at radius 2 is 1.19 bits per heavy atom. The summed E-state index contributed by atoms with van der Waals surface area (Å²) in [6.07, 6.45) is 16.1. The van der Waals surface area contributed by atoms with E-state index in [4.69, 9.17) is 9.84 Å². The fraction of sp³-hybridized carbons (Fsp3) is 0.667. The molecule has 0 radical (unpaired) electrons. The third kappa shape index (κ3) is 18.0. The normalized spacial score (nSPS) is 14.4. The fourth-order valence-electron chi connectivity index (χ4n) is 2.65. The van der Waals surface area contributed by atoms with Gasteiger partial charge in [-0.3, -0.25) is 0 Å². The van der Waals surface area contributed by atoms with Crippen molar-refractivity contribution < 1.29 is 14.9 Å². The van der Waals surface area contributed by atoms with Crippen LogP contribution in [0, 0.1) is 0 Å². The van der Waals surface area contributed by atoms with Crippen LogP contribution < -0.4 is 0 Å². The highest BCUT2D eigenvalue weighted by Crippen LogP contribution is 2.13. The summed E-state index contributed by atoms with van der Waals surface area (Å²) in [6.45, 7) is 11.5. The molecule has 0 aromatic heterocycles. The summed E-state index contributed by atoms with van der Waals surface area (Å²) in [5, 5.41) is 17.9. The molecule has 0 aliphatic heterocycles. The second-order valence-corrected chi connectivity index (χ2v) is 7.75. The number of aliphatic hydroxyl groups excluding tert-OH is 2. The lowest BCUT2D eigenvalue weighted by Gasteiger charge is -2.07. The Labute approximate surface area is 167 Å². The molecule has 3 nitrogen and oxygen atoms in total. The zero-order chi connectivity index (χ0) is 20.5. The van der Waals surface area contributed by atoms with E-state index in [0.29, 0.717) is 6.61 Å². The van der Waals surface area contributed by atoms with E-state index in [1.165, 1.54) is 28.7 Å². The summed E-state index contributed by atoms with van der Waals surface area (Å²) < 4.78 is 5.30. The first kappa shape index (κ1) is 25.8. The van der Waals surface area contributed by atoms with Gasteiger partial charge in [0, 0.05) is 0 Å². The summed E-state index contributed by atoms with van der Waals surface area (Å²) in [5.74, 6) is 0. The second kappa shape index (κ2) is 17.0. The molecule has 1 atom stereocenters. The molecule has 0 aliphatic carbocycles. The topological polar surface area (TPSA) is 49.7 Å². The van der Waals surface area contributed by atoms with Gasteiger partial charge in [0.05, 0.1) is 19.8 Å². The minimum Gasteiger partial charge on any atom is -0.394 e. The fourth-order valence-corrected chi connectivity index (χ4v) is 2.65. The molecule has 0 amide bonds. The molecule has 0 spiro atoms. The van der Waals surface area contributed by atoms with E-state index in [1.807, 2.05) is 0 Å². The third-order valence-corrected chi connectivity index (χ3v) is 4.43. The predicted octanol–water partition coefficient (Wildman–Crippen LogP) is 5.89. The van der Waals surface area contributed by atoms with Crippen LogP contribution in [-0.4, -0.2) is 36.1 Å². The summed E-state index contributed by atoms with van der Waals surface area (Å²) in [7, 11) is 0. The maximum absolute atomic E-state index is 9.18. The Bertz CT molecular complexity index is 494. The standard InChI is InChI=1S/C24H42O3/c1-20(2)10-6-11-21(3)12-7-13-22(4)14-8-15-23(5)16-9-17-27-19-24(26)18-25/h10,12,14,16,24-26H,6-9,11,13,15,17-19H2,1-5H3. The minimum atomic E-state index is -0.765. The van der Waals surface area contributed by atoms with Crippen LogP contribution in [0.15, 0.2) is 46.6 Å². The van der Waals surface area contributed by atoms with Gasteiger partial charge >= 0.3 is 0 Å². The van der Waals surface area contributed by atoms with Crippen molar-refractivity contribution in [1.82, 2.24) is 0 Å². The average Bonchev–Trinajstić information content (AvgIpc) is 2.60. The third-order valence-electron chi connectivity index (χ3n) is 4.43. The van der Waals surface area contributed by atoms with Gasteiger partial charge in [0.25, 0.3) is 0 Å². The first-order chi connectivity index (χ1) is 12.8. The smallest absolute Gasteiger partial charge is 0.100 e. The van der Waals surface area contributed by atoms with E-state index in [0.717, 1.165) is 38.5 Å². The maximum Gasteiger partial charge on any atom is 0.100 e. The predicted molar refractivity (Wildman–Crippen MR) is 117 cm³/mol. The lowest BCUT2D eigenvalue weighted by molar-refractivity contribution is 0.00764. The molecule has 0 saturated heterocycles. The van der Waals surface area contributed by atoms with Crippen molar-refractivity contribution in [3.05, 3.63) is 46.6 Å².